The minimum Gasteiger partial charge on any atom is -0.359 e. The van der Waals surface area contributed by atoms with Gasteiger partial charge in [0.15, 0.2) is 5.01 Å². The number of halogens is 5. The summed E-state index contributed by atoms with van der Waals surface area (Å²) >= 11 is 0.825. The van der Waals surface area contributed by atoms with Crippen molar-refractivity contribution in [3.8, 4) is 10.4 Å². The summed E-state index contributed by atoms with van der Waals surface area (Å²) in [5, 5.41) is 4.99. The zero-order valence-electron chi connectivity index (χ0n) is 20.7. The van der Waals surface area contributed by atoms with Crippen LogP contribution >= 0.6 is 11.3 Å². The Hall–Kier alpha value is -2.83. The number of hydrogen-bond acceptors (Lipinski definition) is 6. The van der Waals surface area contributed by atoms with Crippen molar-refractivity contribution in [1.82, 2.24) is 20.2 Å². The van der Waals surface area contributed by atoms with Crippen LogP contribution in [0.4, 0.5) is 27.8 Å². The van der Waals surface area contributed by atoms with Gasteiger partial charge in [0.1, 0.15) is 17.6 Å². The smallest absolute Gasteiger partial charge is 0.359 e. The van der Waals surface area contributed by atoms with Crippen LogP contribution < -0.4 is 10.6 Å². The van der Waals surface area contributed by atoms with Crippen LogP contribution in [0.5, 0.6) is 0 Å². The molecule has 0 spiro atoms. The van der Waals surface area contributed by atoms with Crippen LogP contribution in [0.1, 0.15) is 90.6 Å². The molecule has 2 aliphatic heterocycles. The van der Waals surface area contributed by atoms with Crippen molar-refractivity contribution in [1.29, 1.82) is 0 Å². The SMILES string of the molecule is C[C@H](Nc1cc(C(F)F)c(-c2sc(C(=O)NC3CCCC3)nc2C(=O)N2C3CCC2CC3)cn1)C(F)(F)F. The third-order valence-electron chi connectivity index (χ3n) is 7.67. The van der Waals surface area contributed by atoms with E-state index in [0.29, 0.717) is 0 Å². The highest BCUT2D eigenvalue weighted by atomic mass is 32.1. The van der Waals surface area contributed by atoms with Crippen molar-refractivity contribution in [2.45, 2.75) is 95.1 Å². The average molecular weight is 558 g/mol. The van der Waals surface area contributed by atoms with E-state index in [1.54, 1.807) is 4.90 Å². The van der Waals surface area contributed by atoms with Crippen molar-refractivity contribution in [3.05, 3.63) is 28.5 Å². The molecule has 7 nitrogen and oxygen atoms in total. The Bertz CT molecular complexity index is 1190. The number of nitrogens with one attached hydrogen (secondary N) is 2. The lowest BCUT2D eigenvalue weighted by Gasteiger charge is -2.22. The molecule has 2 saturated heterocycles. The van der Waals surface area contributed by atoms with Crippen LogP contribution in [0, 0.1) is 0 Å². The van der Waals surface area contributed by atoms with Gasteiger partial charge < -0.3 is 15.5 Å². The zero-order valence-corrected chi connectivity index (χ0v) is 21.5. The Kier molecular flexibility index (Phi) is 7.31. The monoisotopic (exact) mass is 557 g/mol. The fourth-order valence-corrected chi connectivity index (χ4v) is 6.64. The molecular weight excluding hydrogens is 529 g/mol. The van der Waals surface area contributed by atoms with E-state index in [2.05, 4.69) is 20.6 Å². The summed E-state index contributed by atoms with van der Waals surface area (Å²) in [4.78, 5) is 36.8. The van der Waals surface area contributed by atoms with Gasteiger partial charge in [-0.05, 0) is 51.5 Å². The molecule has 0 radical (unpaired) electrons. The number of anilines is 1. The summed E-state index contributed by atoms with van der Waals surface area (Å²) in [6, 6.07) is -1.08. The van der Waals surface area contributed by atoms with E-state index < -0.39 is 36.0 Å². The van der Waals surface area contributed by atoms with E-state index in [4.69, 9.17) is 0 Å². The zero-order chi connectivity index (χ0) is 27.2. The number of fused-ring (bicyclic) bond motifs is 2. The highest BCUT2D eigenvalue weighted by Gasteiger charge is 2.44. The van der Waals surface area contributed by atoms with E-state index >= 15 is 0 Å². The number of aromatic nitrogens is 2. The topological polar surface area (TPSA) is 87.2 Å². The Balaban J connectivity index is 1.53. The lowest BCUT2D eigenvalue weighted by molar-refractivity contribution is -0.138. The van der Waals surface area contributed by atoms with Crippen LogP contribution in [0.2, 0.25) is 0 Å². The van der Waals surface area contributed by atoms with Crippen molar-refractivity contribution in [2.75, 3.05) is 5.32 Å². The second kappa shape index (κ2) is 10.4. The largest absolute Gasteiger partial charge is 0.408 e. The molecular formula is C25H28F5N5O2S. The molecule has 1 aliphatic carbocycles. The first-order chi connectivity index (χ1) is 18.0. The predicted molar refractivity (Wildman–Crippen MR) is 131 cm³/mol. The molecule has 0 aromatic carbocycles. The highest BCUT2D eigenvalue weighted by molar-refractivity contribution is 7.17. The van der Waals surface area contributed by atoms with Gasteiger partial charge in [-0.2, -0.15) is 13.2 Å². The maximum atomic E-state index is 14.2. The van der Waals surface area contributed by atoms with Crippen LogP contribution in [-0.2, 0) is 0 Å². The summed E-state index contributed by atoms with van der Waals surface area (Å²) in [6.07, 6.45) is 0.414. The molecule has 206 valence electrons. The first kappa shape index (κ1) is 26.8. The summed E-state index contributed by atoms with van der Waals surface area (Å²) in [5.41, 5.74) is -0.822. The lowest BCUT2D eigenvalue weighted by atomic mass is 10.0. The highest BCUT2D eigenvalue weighted by Crippen LogP contribution is 2.42. The number of pyridine rings is 1. The molecule has 2 amide bonds. The van der Waals surface area contributed by atoms with Crippen molar-refractivity contribution < 1.29 is 31.5 Å². The first-order valence-electron chi connectivity index (χ1n) is 12.8. The number of nitrogens with zero attached hydrogens (tertiary/aromatic N) is 3. The molecule has 3 aliphatic rings. The molecule has 1 atom stereocenters. The number of thiazole rings is 1. The summed E-state index contributed by atoms with van der Waals surface area (Å²) < 4.78 is 67.4. The number of rotatable bonds is 7. The van der Waals surface area contributed by atoms with Gasteiger partial charge in [0.2, 0.25) is 0 Å². The Morgan fingerprint density at radius 1 is 1.08 bits per heavy atom. The molecule has 4 heterocycles. The third kappa shape index (κ3) is 5.21. The van der Waals surface area contributed by atoms with E-state index in [-0.39, 0.29) is 45.1 Å². The van der Waals surface area contributed by atoms with Crippen LogP contribution in [0.15, 0.2) is 12.3 Å². The fourth-order valence-electron chi connectivity index (χ4n) is 5.65. The molecule has 13 heteroatoms. The number of alkyl halides is 5. The molecule has 38 heavy (non-hydrogen) atoms. The third-order valence-corrected chi connectivity index (χ3v) is 8.76. The van der Waals surface area contributed by atoms with Gasteiger partial charge in [-0.15, -0.1) is 11.3 Å². The number of carbonyl (C=O) groups is 2. The molecule has 2 bridgehead atoms. The first-order valence-corrected chi connectivity index (χ1v) is 13.6. The fraction of sp³-hybridized carbons (Fsp3) is 0.600. The number of carbonyl (C=O) groups excluding carboxylic acids is 2. The van der Waals surface area contributed by atoms with Gasteiger partial charge in [-0.25, -0.2) is 18.7 Å². The quantitative estimate of drug-likeness (QED) is 0.411. The Labute approximate surface area is 220 Å². The summed E-state index contributed by atoms with van der Waals surface area (Å²) in [5.74, 6) is -1.27. The van der Waals surface area contributed by atoms with E-state index in [0.717, 1.165) is 81.9 Å². The molecule has 1 saturated carbocycles. The maximum Gasteiger partial charge on any atom is 0.408 e. The molecule has 3 fully saturated rings. The maximum absolute atomic E-state index is 14.2. The second-order valence-corrected chi connectivity index (χ2v) is 11.2. The van der Waals surface area contributed by atoms with Gasteiger partial charge in [0.05, 0.1) is 4.88 Å². The van der Waals surface area contributed by atoms with E-state index in [1.807, 2.05) is 0 Å². The Morgan fingerprint density at radius 2 is 1.71 bits per heavy atom. The molecule has 2 N–H and O–H groups in total. The van der Waals surface area contributed by atoms with Gasteiger partial charge >= 0.3 is 6.18 Å². The Morgan fingerprint density at radius 3 is 2.29 bits per heavy atom. The normalized spacial score (nSPS) is 22.3. The molecule has 2 aromatic rings. The minimum atomic E-state index is -4.60. The molecule has 2 aromatic heterocycles. The molecule has 5 rings (SSSR count). The second-order valence-electron chi connectivity index (χ2n) is 10.2. The van der Waals surface area contributed by atoms with Crippen molar-refractivity contribution >= 4 is 29.0 Å². The van der Waals surface area contributed by atoms with E-state index in [9.17, 15) is 31.5 Å². The number of amides is 2. The van der Waals surface area contributed by atoms with Gasteiger partial charge in [0.25, 0.3) is 18.2 Å². The van der Waals surface area contributed by atoms with Crippen molar-refractivity contribution in [2.24, 2.45) is 0 Å². The number of hydrogen-bond donors (Lipinski definition) is 2. The van der Waals surface area contributed by atoms with Crippen LogP contribution in [-0.4, -0.2) is 57.0 Å². The van der Waals surface area contributed by atoms with Crippen LogP contribution in [0.3, 0.4) is 0 Å². The van der Waals surface area contributed by atoms with Gasteiger partial charge in [0, 0.05) is 35.4 Å². The summed E-state index contributed by atoms with van der Waals surface area (Å²) in [7, 11) is 0. The van der Waals surface area contributed by atoms with Crippen molar-refractivity contribution in [3.63, 3.8) is 0 Å². The molecule has 0 unspecified atom stereocenters. The predicted octanol–water partition coefficient (Wildman–Crippen LogP) is 5.94. The van der Waals surface area contributed by atoms with Crippen LogP contribution in [0.25, 0.3) is 10.4 Å². The minimum absolute atomic E-state index is 0.0114. The van der Waals surface area contributed by atoms with Gasteiger partial charge in [-0.3, -0.25) is 9.59 Å². The van der Waals surface area contributed by atoms with E-state index in [1.165, 1.54) is 0 Å². The summed E-state index contributed by atoms with van der Waals surface area (Å²) in [6.45, 7) is 0.858. The van der Waals surface area contributed by atoms with Gasteiger partial charge in [-0.1, -0.05) is 12.8 Å². The lowest BCUT2D eigenvalue weighted by Crippen LogP contribution is -2.36. The average Bonchev–Trinajstić information content (AvgIpc) is 3.67. The standard InChI is InChI=1S/C25H28F5N5O2S/c1-12(25(28,29)30)32-18-10-16(21(26)27)17(11-31-18)20-19(24(37)35-14-6-7-15(35)9-8-14)34-23(38-20)22(36)33-13-4-2-3-5-13/h10-15,21H,2-9H2,1H3,(H,31,32)(H,33,36)/t12-,14?,15?/m0/s1.